The Morgan fingerprint density at radius 2 is 2.31 bits per heavy atom. The standard InChI is InChI=1S/C9H5IOS2/c10-7-3-5(4-11)8(12)9-6(7)1-2-13-9/h1-4,12H. The van der Waals surface area contributed by atoms with Crippen LogP contribution in [0.2, 0.25) is 0 Å². The van der Waals surface area contributed by atoms with Crippen LogP contribution in [0.3, 0.4) is 0 Å². The second kappa shape index (κ2) is 3.59. The highest BCUT2D eigenvalue weighted by molar-refractivity contribution is 14.1. The lowest BCUT2D eigenvalue weighted by molar-refractivity contribution is 0.112. The summed E-state index contributed by atoms with van der Waals surface area (Å²) in [6.07, 6.45) is 0.851. The highest BCUT2D eigenvalue weighted by Gasteiger charge is 2.08. The minimum atomic E-state index is 0.669. The summed E-state index contributed by atoms with van der Waals surface area (Å²) in [5.74, 6) is 0. The lowest BCUT2D eigenvalue weighted by Gasteiger charge is -2.01. The Morgan fingerprint density at radius 1 is 1.54 bits per heavy atom. The van der Waals surface area contributed by atoms with E-state index in [2.05, 4.69) is 41.3 Å². The van der Waals surface area contributed by atoms with Gasteiger partial charge in [0, 0.05) is 24.1 Å². The maximum Gasteiger partial charge on any atom is 0.151 e. The minimum Gasteiger partial charge on any atom is -0.298 e. The summed E-state index contributed by atoms with van der Waals surface area (Å²) in [6, 6.07) is 3.92. The van der Waals surface area contributed by atoms with E-state index in [1.54, 1.807) is 11.3 Å². The predicted octanol–water partition coefficient (Wildman–Crippen LogP) is 3.61. The highest BCUT2D eigenvalue weighted by Crippen LogP contribution is 2.33. The topological polar surface area (TPSA) is 17.1 Å². The number of thiophene rings is 1. The number of carbonyl (C=O) groups is 1. The zero-order chi connectivity index (χ0) is 9.42. The molecule has 1 aromatic heterocycles. The third kappa shape index (κ3) is 1.51. The van der Waals surface area contributed by atoms with E-state index in [1.807, 2.05) is 11.4 Å². The molecule has 0 unspecified atom stereocenters. The van der Waals surface area contributed by atoms with Crippen LogP contribution < -0.4 is 0 Å². The fraction of sp³-hybridized carbons (Fsp3) is 0. The molecule has 0 bridgehead atoms. The maximum atomic E-state index is 10.7. The summed E-state index contributed by atoms with van der Waals surface area (Å²) >= 11 is 8.18. The zero-order valence-electron chi connectivity index (χ0n) is 6.45. The van der Waals surface area contributed by atoms with Crippen LogP contribution >= 0.6 is 46.6 Å². The fourth-order valence-electron chi connectivity index (χ4n) is 1.18. The molecule has 0 N–H and O–H groups in total. The van der Waals surface area contributed by atoms with Gasteiger partial charge in [-0.3, -0.25) is 4.79 Å². The van der Waals surface area contributed by atoms with Gasteiger partial charge in [0.2, 0.25) is 0 Å². The van der Waals surface area contributed by atoms with Gasteiger partial charge < -0.3 is 0 Å². The molecule has 0 saturated carbocycles. The monoisotopic (exact) mass is 320 g/mol. The Balaban J connectivity index is 2.93. The van der Waals surface area contributed by atoms with Crippen LogP contribution in [0, 0.1) is 3.57 Å². The lowest BCUT2D eigenvalue weighted by atomic mass is 10.2. The average molecular weight is 320 g/mol. The van der Waals surface area contributed by atoms with Crippen molar-refractivity contribution in [3.05, 3.63) is 26.6 Å². The molecule has 0 aliphatic heterocycles. The van der Waals surface area contributed by atoms with E-state index in [4.69, 9.17) is 0 Å². The molecule has 2 rings (SSSR count). The lowest BCUT2D eigenvalue weighted by Crippen LogP contribution is -1.85. The van der Waals surface area contributed by atoms with E-state index in [9.17, 15) is 4.79 Å². The fourth-order valence-corrected chi connectivity index (χ4v) is 3.42. The van der Waals surface area contributed by atoms with Gasteiger partial charge in [0.05, 0.1) is 0 Å². The highest BCUT2D eigenvalue weighted by atomic mass is 127. The van der Waals surface area contributed by atoms with Crippen molar-refractivity contribution in [2.75, 3.05) is 0 Å². The normalized spacial score (nSPS) is 10.6. The van der Waals surface area contributed by atoms with Crippen molar-refractivity contribution >= 4 is 62.9 Å². The Bertz CT molecular complexity index is 476. The molecule has 0 aliphatic carbocycles. The van der Waals surface area contributed by atoms with Gasteiger partial charge in [0.25, 0.3) is 0 Å². The number of aldehydes is 1. The Hall–Kier alpha value is -0.0700. The van der Waals surface area contributed by atoms with Gasteiger partial charge in [0.15, 0.2) is 6.29 Å². The second-order valence-electron chi connectivity index (χ2n) is 2.58. The molecule has 0 fully saturated rings. The molecule has 2 aromatic rings. The molecule has 0 atom stereocenters. The first-order valence-electron chi connectivity index (χ1n) is 3.58. The van der Waals surface area contributed by atoms with Gasteiger partial charge in [-0.05, 0) is 40.1 Å². The molecular weight excluding hydrogens is 315 g/mol. The van der Waals surface area contributed by atoms with Crippen LogP contribution in [0.5, 0.6) is 0 Å². The van der Waals surface area contributed by atoms with Crippen molar-refractivity contribution in [1.29, 1.82) is 0 Å². The molecule has 66 valence electrons. The SMILES string of the molecule is O=Cc1cc(I)c2ccsc2c1S. The third-order valence-corrected chi connectivity index (χ3v) is 4.28. The molecule has 1 aromatic carbocycles. The second-order valence-corrected chi connectivity index (χ2v) is 5.10. The van der Waals surface area contributed by atoms with Crippen LogP contribution in [0.4, 0.5) is 0 Å². The van der Waals surface area contributed by atoms with Crippen molar-refractivity contribution in [2.24, 2.45) is 0 Å². The van der Waals surface area contributed by atoms with E-state index in [-0.39, 0.29) is 0 Å². The quantitative estimate of drug-likeness (QED) is 0.483. The number of rotatable bonds is 1. The third-order valence-electron chi connectivity index (χ3n) is 1.82. The summed E-state index contributed by atoms with van der Waals surface area (Å²) in [6.45, 7) is 0. The van der Waals surface area contributed by atoms with Gasteiger partial charge in [-0.15, -0.1) is 24.0 Å². The predicted molar refractivity (Wildman–Crippen MR) is 67.2 cm³/mol. The van der Waals surface area contributed by atoms with Crippen molar-refractivity contribution in [1.82, 2.24) is 0 Å². The number of hydrogen-bond acceptors (Lipinski definition) is 3. The van der Waals surface area contributed by atoms with E-state index >= 15 is 0 Å². The number of benzene rings is 1. The molecule has 0 aliphatic rings. The molecule has 0 amide bonds. The van der Waals surface area contributed by atoms with Gasteiger partial charge >= 0.3 is 0 Å². The Kier molecular flexibility index (Phi) is 2.62. The summed E-state index contributed by atoms with van der Waals surface area (Å²) in [5, 5.41) is 3.20. The van der Waals surface area contributed by atoms with Gasteiger partial charge in [-0.1, -0.05) is 0 Å². The first-order chi connectivity index (χ1) is 6.24. The summed E-state index contributed by atoms with van der Waals surface area (Å²) in [4.78, 5) is 11.5. The van der Waals surface area contributed by atoms with Crippen LogP contribution in [0.1, 0.15) is 10.4 Å². The van der Waals surface area contributed by atoms with Crippen molar-refractivity contribution < 1.29 is 4.79 Å². The number of fused-ring (bicyclic) bond motifs is 1. The molecule has 0 saturated heterocycles. The molecule has 1 heterocycles. The largest absolute Gasteiger partial charge is 0.298 e. The van der Waals surface area contributed by atoms with Crippen molar-refractivity contribution in [3.63, 3.8) is 0 Å². The molecule has 4 heteroatoms. The van der Waals surface area contributed by atoms with Crippen LogP contribution in [-0.4, -0.2) is 6.29 Å². The molecule has 0 spiro atoms. The smallest absolute Gasteiger partial charge is 0.151 e. The zero-order valence-corrected chi connectivity index (χ0v) is 10.3. The van der Waals surface area contributed by atoms with E-state index in [1.165, 1.54) is 5.39 Å². The van der Waals surface area contributed by atoms with Gasteiger partial charge in [-0.2, -0.15) is 0 Å². The number of halogens is 1. The van der Waals surface area contributed by atoms with E-state index < -0.39 is 0 Å². The maximum absolute atomic E-state index is 10.7. The van der Waals surface area contributed by atoms with E-state index in [0.29, 0.717) is 5.56 Å². The van der Waals surface area contributed by atoms with Crippen molar-refractivity contribution in [2.45, 2.75) is 4.90 Å². The summed E-state index contributed by atoms with van der Waals surface area (Å²) in [5.41, 5.74) is 0.669. The minimum absolute atomic E-state index is 0.669. The first-order valence-corrected chi connectivity index (χ1v) is 5.98. The molecule has 0 radical (unpaired) electrons. The number of hydrogen-bond donors (Lipinski definition) is 1. The Morgan fingerprint density at radius 3 is 3.00 bits per heavy atom. The van der Waals surface area contributed by atoms with E-state index in [0.717, 1.165) is 19.5 Å². The number of carbonyl (C=O) groups excluding carboxylic acids is 1. The Labute approximate surface area is 98.7 Å². The van der Waals surface area contributed by atoms with Gasteiger partial charge in [0.1, 0.15) is 0 Å². The molecular formula is C9H5IOS2. The first kappa shape index (κ1) is 9.48. The van der Waals surface area contributed by atoms with Gasteiger partial charge in [-0.25, -0.2) is 0 Å². The molecule has 1 nitrogen and oxygen atoms in total. The van der Waals surface area contributed by atoms with Crippen LogP contribution in [0.15, 0.2) is 22.4 Å². The average Bonchev–Trinajstić information content (AvgIpc) is 2.60. The number of thiol groups is 1. The van der Waals surface area contributed by atoms with Crippen molar-refractivity contribution in [3.8, 4) is 0 Å². The summed E-state index contributed by atoms with van der Waals surface area (Å²) < 4.78 is 2.20. The molecule has 13 heavy (non-hydrogen) atoms. The van der Waals surface area contributed by atoms with Crippen LogP contribution in [-0.2, 0) is 0 Å². The van der Waals surface area contributed by atoms with Crippen LogP contribution in [0.25, 0.3) is 10.1 Å². The summed E-state index contributed by atoms with van der Waals surface area (Å²) in [7, 11) is 0.